The van der Waals surface area contributed by atoms with Crippen LogP contribution in [0, 0.1) is 6.92 Å². The molecule has 0 radical (unpaired) electrons. The lowest BCUT2D eigenvalue weighted by Gasteiger charge is -2.21. The maximum absolute atomic E-state index is 12.9. The van der Waals surface area contributed by atoms with Crippen molar-refractivity contribution in [1.29, 1.82) is 0 Å². The molecule has 0 spiro atoms. The molecule has 0 aliphatic rings. The lowest BCUT2D eigenvalue weighted by molar-refractivity contribution is 0.405. The second-order valence-corrected chi connectivity index (χ2v) is 9.34. The Morgan fingerprint density at radius 3 is 2.43 bits per heavy atom. The molecule has 0 aliphatic carbocycles. The van der Waals surface area contributed by atoms with Gasteiger partial charge in [-0.3, -0.25) is 0 Å². The van der Waals surface area contributed by atoms with Gasteiger partial charge in [0.2, 0.25) is 10.0 Å². The van der Waals surface area contributed by atoms with E-state index in [0.717, 1.165) is 20.6 Å². The van der Waals surface area contributed by atoms with Gasteiger partial charge in [-0.25, -0.2) is 8.42 Å². The average Bonchev–Trinajstić information content (AvgIpc) is 2.79. The maximum atomic E-state index is 12.9. The van der Waals surface area contributed by atoms with Crippen LogP contribution in [-0.2, 0) is 16.6 Å². The smallest absolute Gasteiger partial charge is 0.207 e. The maximum Gasteiger partial charge on any atom is 0.244 e. The molecule has 6 heteroatoms. The highest BCUT2D eigenvalue weighted by molar-refractivity contribution is 9.11. The lowest BCUT2D eigenvalue weighted by Crippen LogP contribution is -2.31. The SMILES string of the molecule is CCCN(Cc1ccccc1)S(=O)(=O)c1cc(Br)sc1C. The third kappa shape index (κ3) is 3.94. The highest BCUT2D eigenvalue weighted by atomic mass is 79.9. The first-order valence-corrected chi connectivity index (χ1v) is 9.80. The quantitative estimate of drug-likeness (QED) is 0.735. The van der Waals surface area contributed by atoms with E-state index < -0.39 is 10.0 Å². The molecule has 0 N–H and O–H groups in total. The van der Waals surface area contributed by atoms with Crippen LogP contribution < -0.4 is 0 Å². The van der Waals surface area contributed by atoms with Crippen molar-refractivity contribution in [2.75, 3.05) is 6.54 Å². The molecular weight excluding hydrogens is 370 g/mol. The first-order valence-electron chi connectivity index (χ1n) is 6.75. The van der Waals surface area contributed by atoms with Crippen molar-refractivity contribution in [3.8, 4) is 0 Å². The zero-order chi connectivity index (χ0) is 15.5. The number of aryl methyl sites for hydroxylation is 1. The molecular formula is C15H18BrNO2S2. The van der Waals surface area contributed by atoms with Crippen LogP contribution in [0.15, 0.2) is 45.1 Å². The topological polar surface area (TPSA) is 37.4 Å². The van der Waals surface area contributed by atoms with Crippen LogP contribution in [0.1, 0.15) is 23.8 Å². The molecule has 0 fully saturated rings. The molecule has 21 heavy (non-hydrogen) atoms. The van der Waals surface area contributed by atoms with Gasteiger partial charge in [-0.2, -0.15) is 4.31 Å². The second kappa shape index (κ2) is 7.05. The van der Waals surface area contributed by atoms with E-state index in [-0.39, 0.29) is 0 Å². The predicted molar refractivity (Wildman–Crippen MR) is 91.1 cm³/mol. The van der Waals surface area contributed by atoms with Crippen molar-refractivity contribution in [3.63, 3.8) is 0 Å². The summed E-state index contributed by atoms with van der Waals surface area (Å²) in [6, 6.07) is 11.4. The number of halogens is 1. The number of rotatable bonds is 6. The van der Waals surface area contributed by atoms with Gasteiger partial charge >= 0.3 is 0 Å². The van der Waals surface area contributed by atoms with Crippen molar-refractivity contribution in [1.82, 2.24) is 4.31 Å². The van der Waals surface area contributed by atoms with E-state index in [4.69, 9.17) is 0 Å². The molecule has 0 unspecified atom stereocenters. The summed E-state index contributed by atoms with van der Waals surface area (Å²) in [6.45, 7) is 4.76. The van der Waals surface area contributed by atoms with Crippen LogP contribution >= 0.6 is 27.3 Å². The van der Waals surface area contributed by atoms with Crippen molar-refractivity contribution in [3.05, 3.63) is 50.6 Å². The van der Waals surface area contributed by atoms with E-state index in [9.17, 15) is 8.42 Å². The van der Waals surface area contributed by atoms with Crippen molar-refractivity contribution < 1.29 is 8.42 Å². The number of sulfonamides is 1. The predicted octanol–water partition coefficient (Wildman–Crippen LogP) is 4.42. The van der Waals surface area contributed by atoms with Crippen LogP contribution in [0.25, 0.3) is 0 Å². The number of hydrogen-bond donors (Lipinski definition) is 0. The normalized spacial score (nSPS) is 12.0. The largest absolute Gasteiger partial charge is 0.244 e. The summed E-state index contributed by atoms with van der Waals surface area (Å²) >= 11 is 4.81. The summed E-state index contributed by atoms with van der Waals surface area (Å²) in [5.74, 6) is 0. The van der Waals surface area contributed by atoms with Gasteiger partial charge in [0.05, 0.1) is 8.68 Å². The second-order valence-electron chi connectivity index (χ2n) is 4.80. The molecule has 114 valence electrons. The Balaban J connectivity index is 2.35. The van der Waals surface area contributed by atoms with E-state index in [1.165, 1.54) is 11.3 Å². The minimum absolute atomic E-state index is 0.406. The van der Waals surface area contributed by atoms with Gasteiger partial charge in [-0.1, -0.05) is 37.3 Å². The fraction of sp³-hybridized carbons (Fsp3) is 0.333. The fourth-order valence-corrected chi connectivity index (χ4v) is 6.05. The third-order valence-electron chi connectivity index (χ3n) is 3.13. The molecule has 1 aromatic carbocycles. The van der Waals surface area contributed by atoms with Gasteiger partial charge in [0, 0.05) is 18.0 Å². The van der Waals surface area contributed by atoms with Crippen molar-refractivity contribution in [2.45, 2.75) is 31.7 Å². The molecule has 1 aromatic heterocycles. The Labute approximate surface area is 138 Å². The number of benzene rings is 1. The van der Waals surface area contributed by atoms with Crippen LogP contribution in [0.4, 0.5) is 0 Å². The zero-order valence-corrected chi connectivity index (χ0v) is 15.3. The minimum Gasteiger partial charge on any atom is -0.207 e. The highest BCUT2D eigenvalue weighted by Gasteiger charge is 2.27. The van der Waals surface area contributed by atoms with E-state index >= 15 is 0 Å². The summed E-state index contributed by atoms with van der Waals surface area (Å²) < 4.78 is 28.1. The zero-order valence-electron chi connectivity index (χ0n) is 12.0. The van der Waals surface area contributed by atoms with E-state index in [1.54, 1.807) is 10.4 Å². The number of thiophene rings is 1. The number of nitrogens with zero attached hydrogens (tertiary/aromatic N) is 1. The summed E-state index contributed by atoms with van der Waals surface area (Å²) in [5, 5.41) is 0. The van der Waals surface area contributed by atoms with Gasteiger partial charge < -0.3 is 0 Å². The summed E-state index contributed by atoms with van der Waals surface area (Å²) in [6.07, 6.45) is 0.788. The Hall–Kier alpha value is -0.690. The monoisotopic (exact) mass is 387 g/mol. The first-order chi connectivity index (χ1) is 9.95. The summed E-state index contributed by atoms with van der Waals surface area (Å²) in [4.78, 5) is 1.22. The molecule has 0 amide bonds. The van der Waals surface area contributed by atoms with Gasteiger partial charge in [0.1, 0.15) is 0 Å². The summed E-state index contributed by atoms with van der Waals surface area (Å²) in [5.41, 5.74) is 1.00. The first kappa shape index (κ1) is 16.7. The van der Waals surface area contributed by atoms with E-state index in [0.29, 0.717) is 18.0 Å². The van der Waals surface area contributed by atoms with E-state index in [1.807, 2.05) is 44.2 Å². The minimum atomic E-state index is -3.46. The Kier molecular flexibility index (Phi) is 5.60. The number of hydrogen-bond acceptors (Lipinski definition) is 3. The molecule has 0 saturated heterocycles. The third-order valence-corrected chi connectivity index (χ3v) is 6.79. The Morgan fingerprint density at radius 1 is 1.24 bits per heavy atom. The van der Waals surface area contributed by atoms with Crippen LogP contribution in [-0.4, -0.2) is 19.3 Å². The lowest BCUT2D eigenvalue weighted by atomic mass is 10.2. The molecule has 0 aliphatic heterocycles. The van der Waals surface area contributed by atoms with Crippen molar-refractivity contribution in [2.24, 2.45) is 0 Å². The Morgan fingerprint density at radius 2 is 1.90 bits per heavy atom. The Bertz CT molecular complexity index is 696. The standard InChI is InChI=1S/C15H18BrNO2S2/c1-3-9-17(11-13-7-5-4-6-8-13)21(18,19)14-10-15(16)20-12(14)2/h4-8,10H,3,9,11H2,1-2H3. The van der Waals surface area contributed by atoms with Gasteiger partial charge in [0.25, 0.3) is 0 Å². The highest BCUT2D eigenvalue weighted by Crippen LogP contribution is 2.32. The van der Waals surface area contributed by atoms with Gasteiger partial charge in [0.15, 0.2) is 0 Å². The molecule has 0 bridgehead atoms. The molecule has 3 nitrogen and oxygen atoms in total. The molecule has 2 rings (SSSR count). The summed E-state index contributed by atoms with van der Waals surface area (Å²) in [7, 11) is -3.46. The van der Waals surface area contributed by atoms with Gasteiger partial charge in [-0.05, 0) is 40.9 Å². The van der Waals surface area contributed by atoms with Crippen LogP contribution in [0.2, 0.25) is 0 Å². The van der Waals surface area contributed by atoms with Crippen molar-refractivity contribution >= 4 is 37.3 Å². The van der Waals surface area contributed by atoms with Gasteiger partial charge in [-0.15, -0.1) is 11.3 Å². The van der Waals surface area contributed by atoms with Crippen LogP contribution in [0.5, 0.6) is 0 Å². The fourth-order valence-electron chi connectivity index (χ4n) is 2.15. The van der Waals surface area contributed by atoms with Crippen LogP contribution in [0.3, 0.4) is 0 Å². The molecule has 0 saturated carbocycles. The molecule has 2 aromatic rings. The molecule has 0 atom stereocenters. The molecule has 1 heterocycles. The average molecular weight is 388 g/mol. The van der Waals surface area contributed by atoms with E-state index in [2.05, 4.69) is 15.9 Å².